The molecule has 3 rings (SSSR count). The van der Waals surface area contributed by atoms with Crippen LogP contribution in [0.15, 0.2) is 91.0 Å². The lowest BCUT2D eigenvalue weighted by Crippen LogP contribution is -2.52. The van der Waals surface area contributed by atoms with Crippen LogP contribution in [0.5, 0.6) is 0 Å². The number of hydrogen-bond donors (Lipinski definition) is 2. The molecule has 6 heteroatoms. The van der Waals surface area contributed by atoms with Gasteiger partial charge < -0.3 is 15.4 Å². The first kappa shape index (κ1) is 23.7. The third-order valence-corrected chi connectivity index (χ3v) is 5.10. The molecule has 170 valence electrons. The van der Waals surface area contributed by atoms with Gasteiger partial charge in [0.2, 0.25) is 5.91 Å². The molecule has 0 saturated heterocycles. The molecular weight excluding hydrogens is 416 g/mol. The van der Waals surface area contributed by atoms with E-state index in [1.54, 1.807) is 24.3 Å². The topological polar surface area (TPSA) is 84.5 Å². The molecule has 2 atom stereocenters. The average molecular weight is 445 g/mol. The summed E-state index contributed by atoms with van der Waals surface area (Å²) < 4.78 is 5.18. The van der Waals surface area contributed by atoms with Gasteiger partial charge in [-0.15, -0.1) is 0 Å². The molecule has 0 radical (unpaired) electrons. The minimum absolute atomic E-state index is 0.0423. The van der Waals surface area contributed by atoms with E-state index in [2.05, 4.69) is 10.6 Å². The van der Waals surface area contributed by atoms with Crippen LogP contribution < -0.4 is 10.6 Å². The van der Waals surface area contributed by atoms with Gasteiger partial charge in [0, 0.05) is 18.9 Å². The highest BCUT2D eigenvalue weighted by Crippen LogP contribution is 2.08. The van der Waals surface area contributed by atoms with E-state index >= 15 is 0 Å². The second-order valence-corrected chi connectivity index (χ2v) is 7.78. The van der Waals surface area contributed by atoms with Crippen LogP contribution in [0.25, 0.3) is 0 Å². The van der Waals surface area contributed by atoms with Crippen molar-refractivity contribution in [3.8, 4) is 0 Å². The smallest absolute Gasteiger partial charge is 0.302 e. The Bertz CT molecular complexity index is 1040. The van der Waals surface area contributed by atoms with Crippen LogP contribution in [0.3, 0.4) is 0 Å². The predicted molar refractivity (Wildman–Crippen MR) is 127 cm³/mol. The molecule has 0 aliphatic rings. The van der Waals surface area contributed by atoms with Crippen molar-refractivity contribution in [3.05, 3.63) is 108 Å². The Morgan fingerprint density at radius 3 is 1.79 bits per heavy atom. The summed E-state index contributed by atoms with van der Waals surface area (Å²) >= 11 is 0. The molecular formula is C27H28N2O4. The van der Waals surface area contributed by atoms with Gasteiger partial charge in [-0.3, -0.25) is 14.4 Å². The lowest BCUT2D eigenvalue weighted by atomic mass is 10.0. The molecule has 33 heavy (non-hydrogen) atoms. The first-order chi connectivity index (χ1) is 16.0. The third-order valence-electron chi connectivity index (χ3n) is 5.10. The summed E-state index contributed by atoms with van der Waals surface area (Å²) in [6, 6.07) is 26.7. The molecule has 0 aromatic heterocycles. The van der Waals surface area contributed by atoms with Gasteiger partial charge in [-0.05, 0) is 29.7 Å². The zero-order chi connectivity index (χ0) is 23.5. The van der Waals surface area contributed by atoms with E-state index in [-0.39, 0.29) is 18.4 Å². The number of benzene rings is 3. The number of ether oxygens (including phenoxy) is 1. The summed E-state index contributed by atoms with van der Waals surface area (Å²) in [6.45, 7) is 1.38. The first-order valence-corrected chi connectivity index (χ1v) is 10.9. The summed E-state index contributed by atoms with van der Waals surface area (Å²) in [6.07, 6.45) is 0.821. The maximum atomic E-state index is 13.3. The van der Waals surface area contributed by atoms with Gasteiger partial charge >= 0.3 is 5.97 Å². The molecule has 0 aliphatic carbocycles. The Hall–Kier alpha value is -3.93. The van der Waals surface area contributed by atoms with Crippen molar-refractivity contribution >= 4 is 17.8 Å². The average Bonchev–Trinajstić information content (AvgIpc) is 2.84. The van der Waals surface area contributed by atoms with Gasteiger partial charge in [0.15, 0.2) is 0 Å². The maximum Gasteiger partial charge on any atom is 0.302 e. The van der Waals surface area contributed by atoms with Gasteiger partial charge in [0.05, 0.1) is 6.04 Å². The molecule has 3 aromatic carbocycles. The fourth-order valence-corrected chi connectivity index (χ4v) is 3.46. The summed E-state index contributed by atoms with van der Waals surface area (Å²) in [7, 11) is 0. The largest absolute Gasteiger partial charge is 0.464 e. The van der Waals surface area contributed by atoms with Crippen LogP contribution in [-0.2, 0) is 27.2 Å². The molecule has 0 aliphatic heterocycles. The summed E-state index contributed by atoms with van der Waals surface area (Å²) in [5.74, 6) is -1.08. The van der Waals surface area contributed by atoms with Gasteiger partial charge in [0.1, 0.15) is 12.6 Å². The second kappa shape index (κ2) is 12.2. The van der Waals surface area contributed by atoms with Gasteiger partial charge in [-0.1, -0.05) is 78.9 Å². The maximum absolute atomic E-state index is 13.3. The Morgan fingerprint density at radius 1 is 0.727 bits per heavy atom. The van der Waals surface area contributed by atoms with Crippen molar-refractivity contribution in [1.29, 1.82) is 0 Å². The lowest BCUT2D eigenvalue weighted by Gasteiger charge is -2.24. The Balaban J connectivity index is 1.76. The van der Waals surface area contributed by atoms with Crippen molar-refractivity contribution < 1.29 is 19.1 Å². The zero-order valence-corrected chi connectivity index (χ0v) is 18.6. The molecule has 0 unspecified atom stereocenters. The molecule has 0 heterocycles. The third kappa shape index (κ3) is 7.92. The van der Waals surface area contributed by atoms with Crippen LogP contribution in [0.1, 0.15) is 28.4 Å². The highest BCUT2D eigenvalue weighted by molar-refractivity contribution is 5.97. The number of carbonyl (C=O) groups is 3. The highest BCUT2D eigenvalue weighted by Gasteiger charge is 2.25. The lowest BCUT2D eigenvalue weighted by molar-refractivity contribution is -0.142. The molecule has 0 bridgehead atoms. The van der Waals surface area contributed by atoms with E-state index in [0.717, 1.165) is 11.1 Å². The molecule has 0 spiro atoms. The molecule has 0 saturated carbocycles. The van der Waals surface area contributed by atoms with E-state index < -0.39 is 18.1 Å². The number of nitrogens with one attached hydrogen (secondary N) is 2. The number of rotatable bonds is 10. The molecule has 3 aromatic rings. The predicted octanol–water partition coefficient (Wildman–Crippen LogP) is 3.32. The van der Waals surface area contributed by atoms with Crippen molar-refractivity contribution in [1.82, 2.24) is 10.6 Å². The minimum Gasteiger partial charge on any atom is -0.464 e. The van der Waals surface area contributed by atoms with Crippen LogP contribution >= 0.6 is 0 Å². The first-order valence-electron chi connectivity index (χ1n) is 10.9. The van der Waals surface area contributed by atoms with Gasteiger partial charge in [-0.25, -0.2) is 0 Å². The summed E-state index contributed by atoms with van der Waals surface area (Å²) in [5.41, 5.74) is 2.40. The van der Waals surface area contributed by atoms with Crippen molar-refractivity contribution in [2.24, 2.45) is 0 Å². The van der Waals surface area contributed by atoms with E-state index in [4.69, 9.17) is 4.74 Å². The fourth-order valence-electron chi connectivity index (χ4n) is 3.46. The Kier molecular flexibility index (Phi) is 8.77. The fraction of sp³-hybridized carbons (Fsp3) is 0.222. The quantitative estimate of drug-likeness (QED) is 0.470. The van der Waals surface area contributed by atoms with E-state index in [1.807, 2.05) is 66.7 Å². The Morgan fingerprint density at radius 2 is 1.24 bits per heavy atom. The van der Waals surface area contributed by atoms with Gasteiger partial charge in [-0.2, -0.15) is 0 Å². The van der Waals surface area contributed by atoms with Crippen molar-refractivity contribution in [2.45, 2.75) is 31.8 Å². The molecule has 6 nitrogen and oxygen atoms in total. The van der Waals surface area contributed by atoms with Crippen molar-refractivity contribution in [3.63, 3.8) is 0 Å². The normalized spacial score (nSPS) is 12.3. The highest BCUT2D eigenvalue weighted by atomic mass is 16.5. The zero-order valence-electron chi connectivity index (χ0n) is 18.6. The van der Waals surface area contributed by atoms with E-state index in [9.17, 15) is 14.4 Å². The van der Waals surface area contributed by atoms with Crippen LogP contribution in [0, 0.1) is 0 Å². The number of amides is 2. The standard InChI is InChI=1S/C27H28N2O4/c1-20(30)33-19-24(17-21-11-5-2-6-12-21)28-27(32)25(18-22-13-7-3-8-14-22)29-26(31)23-15-9-4-10-16-23/h2-16,24-25H,17-19H2,1H3,(H,28,32)(H,29,31)/t24-,25+/m1/s1. The molecule has 2 amide bonds. The van der Waals surface area contributed by atoms with Crippen molar-refractivity contribution in [2.75, 3.05) is 6.61 Å². The van der Waals surface area contributed by atoms with Crippen LogP contribution in [0.4, 0.5) is 0 Å². The van der Waals surface area contributed by atoms with Crippen LogP contribution in [0.2, 0.25) is 0 Å². The SMILES string of the molecule is CC(=O)OC[C@@H](Cc1ccccc1)NC(=O)[C@H](Cc1ccccc1)NC(=O)c1ccccc1. The second-order valence-electron chi connectivity index (χ2n) is 7.78. The molecule has 0 fully saturated rings. The van der Waals surface area contributed by atoms with E-state index in [1.165, 1.54) is 6.92 Å². The monoisotopic (exact) mass is 444 g/mol. The summed E-state index contributed by atoms with van der Waals surface area (Å²) in [4.78, 5) is 37.4. The number of esters is 1. The number of hydrogen-bond acceptors (Lipinski definition) is 4. The van der Waals surface area contributed by atoms with E-state index in [0.29, 0.717) is 18.4 Å². The molecule has 2 N–H and O–H groups in total. The number of carbonyl (C=O) groups excluding carboxylic acids is 3. The van der Waals surface area contributed by atoms with Gasteiger partial charge in [0.25, 0.3) is 5.91 Å². The Labute approximate surface area is 194 Å². The summed E-state index contributed by atoms with van der Waals surface area (Å²) in [5, 5.41) is 5.82. The minimum atomic E-state index is -0.796. The van der Waals surface area contributed by atoms with Crippen LogP contribution in [-0.4, -0.2) is 36.5 Å².